The van der Waals surface area contributed by atoms with E-state index in [0.717, 1.165) is 0 Å². The van der Waals surface area contributed by atoms with Crippen LogP contribution in [-0.2, 0) is 0 Å². The molecule has 0 amide bonds. The first kappa shape index (κ1) is 19.6. The number of aliphatic imine (C=N–C) groups is 1. The highest BCUT2D eigenvalue weighted by Crippen LogP contribution is 2.34. The number of aliphatic hydroxyl groups excluding tert-OH is 1. The van der Waals surface area contributed by atoms with E-state index in [1.165, 1.54) is 13.3 Å². The zero-order chi connectivity index (χ0) is 19.1. The van der Waals surface area contributed by atoms with E-state index in [4.69, 9.17) is 4.74 Å². The number of methoxy groups -OCH3 is 1. The molecule has 0 aliphatic carbocycles. The van der Waals surface area contributed by atoms with E-state index in [1.807, 2.05) is 44.2 Å². The lowest BCUT2D eigenvalue weighted by Crippen LogP contribution is -2.28. The summed E-state index contributed by atoms with van der Waals surface area (Å²) in [5.41, 5.74) is 1.51. The van der Waals surface area contributed by atoms with Crippen molar-refractivity contribution in [2.45, 2.75) is 26.2 Å². The average molecular weight is 357 g/mol. The van der Waals surface area contributed by atoms with Gasteiger partial charge in [-0.1, -0.05) is 32.0 Å². The van der Waals surface area contributed by atoms with E-state index < -0.39 is 12.3 Å². The molecule has 7 heteroatoms. The molecule has 2 rings (SSSR count). The molecule has 1 unspecified atom stereocenters. The highest BCUT2D eigenvalue weighted by Gasteiger charge is 2.19. The molecule has 0 saturated carbocycles. The van der Waals surface area contributed by atoms with Crippen LogP contribution in [0, 0.1) is 5.92 Å². The molecule has 0 heterocycles. The molecule has 0 saturated heterocycles. The van der Waals surface area contributed by atoms with Crippen LogP contribution in [0.3, 0.4) is 0 Å². The molecule has 0 fully saturated rings. The van der Waals surface area contributed by atoms with Crippen molar-refractivity contribution in [1.29, 1.82) is 0 Å². The summed E-state index contributed by atoms with van der Waals surface area (Å²) in [5.74, 6) is 0.0303. The van der Waals surface area contributed by atoms with Crippen LogP contribution < -0.4 is 4.74 Å². The molecule has 0 bridgehead atoms. The SMILES string of the molecule is COc1cc(N=Nc2ccccc2)cc(C=NC(C(C)C)C(O)O)c1O. The number of ether oxygens (including phenoxy) is 1. The third-order valence-electron chi connectivity index (χ3n) is 3.72. The van der Waals surface area contributed by atoms with Gasteiger partial charge in [-0.15, -0.1) is 0 Å². The Bertz CT molecular complexity index is 766. The van der Waals surface area contributed by atoms with Crippen molar-refractivity contribution in [3.8, 4) is 11.5 Å². The third kappa shape index (κ3) is 5.11. The quantitative estimate of drug-likeness (QED) is 0.400. The smallest absolute Gasteiger partial charge is 0.174 e. The minimum absolute atomic E-state index is 0.0868. The predicted molar refractivity (Wildman–Crippen MR) is 99.7 cm³/mol. The molecule has 7 nitrogen and oxygen atoms in total. The van der Waals surface area contributed by atoms with Gasteiger partial charge in [0.1, 0.15) is 6.04 Å². The standard InChI is InChI=1S/C19H23N3O4/c1-12(2)17(19(24)25)20-11-13-9-15(10-16(26-3)18(13)23)22-21-14-7-5-4-6-8-14/h4-12,17,19,23-25H,1-3H3. The fraction of sp³-hybridized carbons (Fsp3) is 0.316. The molecule has 0 aliphatic heterocycles. The topological polar surface area (TPSA) is 107 Å². The van der Waals surface area contributed by atoms with Gasteiger partial charge >= 0.3 is 0 Å². The van der Waals surface area contributed by atoms with Crippen LogP contribution in [0.4, 0.5) is 11.4 Å². The molecule has 0 aromatic heterocycles. The maximum atomic E-state index is 10.3. The first-order valence-electron chi connectivity index (χ1n) is 8.19. The molecule has 2 aromatic carbocycles. The lowest BCUT2D eigenvalue weighted by molar-refractivity contribution is -0.0666. The van der Waals surface area contributed by atoms with Crippen LogP contribution in [-0.4, -0.2) is 41.0 Å². The van der Waals surface area contributed by atoms with Gasteiger partial charge in [-0.25, -0.2) is 0 Å². The number of benzene rings is 2. The largest absolute Gasteiger partial charge is 0.504 e. The Morgan fingerprint density at radius 3 is 2.23 bits per heavy atom. The fourth-order valence-corrected chi connectivity index (χ4v) is 2.30. The van der Waals surface area contributed by atoms with E-state index in [0.29, 0.717) is 16.9 Å². The van der Waals surface area contributed by atoms with Crippen LogP contribution in [0.2, 0.25) is 0 Å². The normalized spacial score (nSPS) is 13.2. The van der Waals surface area contributed by atoms with Gasteiger partial charge in [0.2, 0.25) is 0 Å². The average Bonchev–Trinajstić information content (AvgIpc) is 2.62. The molecule has 26 heavy (non-hydrogen) atoms. The van der Waals surface area contributed by atoms with E-state index in [9.17, 15) is 15.3 Å². The molecule has 0 radical (unpaired) electrons. The molecular formula is C19H23N3O4. The second-order valence-electron chi connectivity index (χ2n) is 6.05. The zero-order valence-electron chi connectivity index (χ0n) is 14.9. The summed E-state index contributed by atoms with van der Waals surface area (Å²) < 4.78 is 5.17. The van der Waals surface area contributed by atoms with Crippen LogP contribution in [0.15, 0.2) is 57.7 Å². The molecule has 3 N–H and O–H groups in total. The lowest BCUT2D eigenvalue weighted by Gasteiger charge is -2.18. The van der Waals surface area contributed by atoms with Gasteiger partial charge in [-0.2, -0.15) is 10.2 Å². The number of aliphatic hydroxyl groups is 2. The van der Waals surface area contributed by atoms with Crippen LogP contribution >= 0.6 is 0 Å². The molecular weight excluding hydrogens is 334 g/mol. The van der Waals surface area contributed by atoms with Crippen molar-refractivity contribution in [3.05, 3.63) is 48.0 Å². The van der Waals surface area contributed by atoms with E-state index in [2.05, 4.69) is 15.2 Å². The Hall–Kier alpha value is -2.77. The van der Waals surface area contributed by atoms with Gasteiger partial charge in [0.15, 0.2) is 17.8 Å². The summed E-state index contributed by atoms with van der Waals surface area (Å²) in [6.45, 7) is 3.65. The van der Waals surface area contributed by atoms with Gasteiger partial charge < -0.3 is 20.1 Å². The van der Waals surface area contributed by atoms with Crippen molar-refractivity contribution in [2.24, 2.45) is 21.1 Å². The van der Waals surface area contributed by atoms with Gasteiger partial charge in [0.25, 0.3) is 0 Å². The Morgan fingerprint density at radius 1 is 1.00 bits per heavy atom. The Balaban J connectivity index is 2.35. The second kappa shape index (κ2) is 9.07. The summed E-state index contributed by atoms with van der Waals surface area (Å²) in [6.07, 6.45) is -0.208. The number of hydrogen-bond donors (Lipinski definition) is 3. The fourth-order valence-electron chi connectivity index (χ4n) is 2.30. The second-order valence-corrected chi connectivity index (χ2v) is 6.05. The van der Waals surface area contributed by atoms with E-state index in [-0.39, 0.29) is 17.4 Å². The zero-order valence-corrected chi connectivity index (χ0v) is 14.9. The first-order chi connectivity index (χ1) is 12.4. The predicted octanol–water partition coefficient (Wildman–Crippen LogP) is 3.57. The minimum Gasteiger partial charge on any atom is -0.504 e. The number of azo groups is 1. The third-order valence-corrected chi connectivity index (χ3v) is 3.72. The van der Waals surface area contributed by atoms with E-state index >= 15 is 0 Å². The minimum atomic E-state index is -1.59. The Kier molecular flexibility index (Phi) is 6.82. The molecule has 2 aromatic rings. The van der Waals surface area contributed by atoms with Crippen molar-refractivity contribution in [2.75, 3.05) is 7.11 Å². The summed E-state index contributed by atoms with van der Waals surface area (Å²) >= 11 is 0. The van der Waals surface area contributed by atoms with Gasteiger partial charge in [-0.05, 0) is 24.1 Å². The number of phenols is 1. The number of hydrogen-bond acceptors (Lipinski definition) is 7. The number of aromatic hydroxyl groups is 1. The van der Waals surface area contributed by atoms with Crippen molar-refractivity contribution in [1.82, 2.24) is 0 Å². The molecule has 1 atom stereocenters. The Morgan fingerprint density at radius 2 is 1.65 bits per heavy atom. The molecule has 0 aliphatic rings. The van der Waals surface area contributed by atoms with E-state index in [1.54, 1.807) is 12.1 Å². The maximum absolute atomic E-state index is 10.3. The number of nitrogens with zero attached hydrogens (tertiary/aromatic N) is 3. The van der Waals surface area contributed by atoms with Gasteiger partial charge in [0.05, 0.1) is 18.5 Å². The number of rotatable bonds is 7. The number of phenolic OH excluding ortho intramolecular Hbond substituents is 1. The summed E-state index contributed by atoms with van der Waals surface area (Å²) in [4.78, 5) is 4.18. The van der Waals surface area contributed by atoms with Gasteiger partial charge in [-0.3, -0.25) is 4.99 Å². The van der Waals surface area contributed by atoms with Crippen LogP contribution in [0.1, 0.15) is 19.4 Å². The highest BCUT2D eigenvalue weighted by molar-refractivity contribution is 5.86. The van der Waals surface area contributed by atoms with Crippen LogP contribution in [0.25, 0.3) is 0 Å². The lowest BCUT2D eigenvalue weighted by atomic mass is 10.0. The summed E-state index contributed by atoms with van der Waals surface area (Å²) in [5, 5.41) is 37.4. The monoisotopic (exact) mass is 357 g/mol. The van der Waals surface area contributed by atoms with Crippen molar-refractivity contribution in [3.63, 3.8) is 0 Å². The van der Waals surface area contributed by atoms with Gasteiger partial charge in [0, 0.05) is 17.8 Å². The maximum Gasteiger partial charge on any atom is 0.174 e. The molecule has 138 valence electrons. The first-order valence-corrected chi connectivity index (χ1v) is 8.19. The summed E-state index contributed by atoms with van der Waals surface area (Å²) in [6, 6.07) is 11.7. The highest BCUT2D eigenvalue weighted by atomic mass is 16.5. The Labute approximate surface area is 152 Å². The van der Waals surface area contributed by atoms with Crippen LogP contribution in [0.5, 0.6) is 11.5 Å². The summed E-state index contributed by atoms with van der Waals surface area (Å²) in [7, 11) is 1.43. The molecule has 0 spiro atoms. The van der Waals surface area contributed by atoms with Crippen molar-refractivity contribution < 1.29 is 20.1 Å². The van der Waals surface area contributed by atoms with Crippen molar-refractivity contribution >= 4 is 17.6 Å².